The molecule has 0 aliphatic heterocycles. The molecule has 1 unspecified atom stereocenters. The largest absolute Gasteiger partial charge is 0.466 e. The summed E-state index contributed by atoms with van der Waals surface area (Å²) in [5.74, 6) is -0.0636. The van der Waals surface area contributed by atoms with Gasteiger partial charge in [-0.3, -0.25) is 4.79 Å². The van der Waals surface area contributed by atoms with E-state index in [1.807, 2.05) is 13.8 Å². The van der Waals surface area contributed by atoms with E-state index in [0.29, 0.717) is 6.61 Å². The normalized spacial score (nSPS) is 12.9. The summed E-state index contributed by atoms with van der Waals surface area (Å²) < 4.78 is 7.76. The van der Waals surface area contributed by atoms with Gasteiger partial charge in [-0.05, 0) is 28.9 Å². The van der Waals surface area contributed by atoms with Crippen LogP contribution in [0.3, 0.4) is 0 Å². The number of carbonyl (C=O) groups is 1. The zero-order chi connectivity index (χ0) is 13.1. The monoisotopic (exact) mass is 277 g/mol. The van der Waals surface area contributed by atoms with Gasteiger partial charge in [0.2, 0.25) is 0 Å². The van der Waals surface area contributed by atoms with Crippen molar-refractivity contribution in [3.8, 4) is 0 Å². The first-order valence-corrected chi connectivity index (χ1v) is 9.02. The predicted octanol–water partition coefficient (Wildman–Crippen LogP) is 3.19. The maximum absolute atomic E-state index is 11.8. The molecule has 1 aromatic carbocycles. The van der Waals surface area contributed by atoms with Gasteiger partial charge in [-0.25, -0.2) is 0 Å². The third-order valence-corrected chi connectivity index (χ3v) is 7.76. The highest BCUT2D eigenvalue weighted by Gasteiger charge is 2.25. The summed E-state index contributed by atoms with van der Waals surface area (Å²) in [5, 5.41) is 1.28. The quantitative estimate of drug-likeness (QED) is 0.634. The van der Waals surface area contributed by atoms with Gasteiger partial charge in [0.15, 0.2) is 0 Å². The molecule has 1 radical (unpaired) electrons. The van der Waals surface area contributed by atoms with Crippen LogP contribution in [0.5, 0.6) is 0 Å². The van der Waals surface area contributed by atoms with Crippen molar-refractivity contribution in [2.75, 3.05) is 6.61 Å². The van der Waals surface area contributed by atoms with Crippen LogP contribution in [0, 0.1) is 0 Å². The third kappa shape index (κ3) is 2.65. The topological polar surface area (TPSA) is 26.3 Å². The zero-order valence-corrected chi connectivity index (χ0v) is 12.7. The molecule has 4 heteroatoms. The van der Waals surface area contributed by atoms with Gasteiger partial charge in [0.1, 0.15) is 8.80 Å². The van der Waals surface area contributed by atoms with Crippen LogP contribution in [-0.2, 0) is 9.53 Å². The molecule has 18 heavy (non-hydrogen) atoms. The summed E-state index contributed by atoms with van der Waals surface area (Å²) in [5.41, 5.74) is 0.00279. The first-order chi connectivity index (χ1) is 8.63. The number of benzene rings is 1. The zero-order valence-electron chi connectivity index (χ0n) is 10.9. The van der Waals surface area contributed by atoms with E-state index in [2.05, 4.69) is 36.9 Å². The van der Waals surface area contributed by atoms with Crippen molar-refractivity contribution in [3.05, 3.63) is 30.3 Å². The van der Waals surface area contributed by atoms with Gasteiger partial charge in [0.05, 0.1) is 12.1 Å². The summed E-state index contributed by atoms with van der Waals surface area (Å²) in [7, 11) is -0.883. The van der Waals surface area contributed by atoms with Crippen molar-refractivity contribution in [3.63, 3.8) is 0 Å². The number of hydrogen-bond acceptors (Lipinski definition) is 3. The van der Waals surface area contributed by atoms with Crippen molar-refractivity contribution in [1.29, 1.82) is 0 Å². The van der Waals surface area contributed by atoms with Gasteiger partial charge in [-0.1, -0.05) is 31.7 Å². The Morgan fingerprint density at radius 3 is 2.83 bits per heavy atom. The van der Waals surface area contributed by atoms with Crippen LogP contribution in [0.25, 0.3) is 10.1 Å². The average molecular weight is 277 g/mol. The molecule has 0 aliphatic carbocycles. The Hall–Kier alpha value is -1.13. The molecular formula is C14H17O2SSi. The molecule has 0 fully saturated rings. The number of ether oxygens (including phenoxy) is 1. The number of esters is 1. The molecule has 2 aromatic rings. The second kappa shape index (κ2) is 5.67. The van der Waals surface area contributed by atoms with Gasteiger partial charge in [0, 0.05) is 4.70 Å². The number of thiophene rings is 1. The number of carbonyl (C=O) groups excluding carboxylic acids is 1. The minimum atomic E-state index is -0.883. The molecule has 0 N–H and O–H groups in total. The smallest absolute Gasteiger partial charge is 0.306 e. The molecule has 0 saturated carbocycles. The first kappa shape index (κ1) is 13.3. The molecular weight excluding hydrogens is 260 g/mol. The highest BCUT2D eigenvalue weighted by molar-refractivity contribution is 7.29. The highest BCUT2D eigenvalue weighted by atomic mass is 32.1. The molecule has 1 atom stereocenters. The van der Waals surface area contributed by atoms with E-state index in [4.69, 9.17) is 4.74 Å². The summed E-state index contributed by atoms with van der Waals surface area (Å²) in [6, 6.07) is 10.6. The lowest BCUT2D eigenvalue weighted by molar-refractivity contribution is -0.142. The van der Waals surface area contributed by atoms with Crippen molar-refractivity contribution in [1.82, 2.24) is 0 Å². The van der Waals surface area contributed by atoms with Crippen LogP contribution in [-0.4, -0.2) is 21.4 Å². The van der Waals surface area contributed by atoms with E-state index in [1.165, 1.54) is 14.6 Å². The Kier molecular flexibility index (Phi) is 4.19. The predicted molar refractivity (Wildman–Crippen MR) is 79.1 cm³/mol. The second-order valence-electron chi connectivity index (χ2n) is 4.31. The Morgan fingerprint density at radius 2 is 2.17 bits per heavy atom. The molecule has 2 rings (SSSR count). The van der Waals surface area contributed by atoms with E-state index in [-0.39, 0.29) is 11.5 Å². The van der Waals surface area contributed by atoms with Crippen molar-refractivity contribution in [2.24, 2.45) is 0 Å². The fourth-order valence-electron chi connectivity index (χ4n) is 1.83. The summed E-state index contributed by atoms with van der Waals surface area (Å²) >= 11 is 1.81. The highest BCUT2D eigenvalue weighted by Crippen LogP contribution is 2.22. The minimum absolute atomic E-state index is 0.00279. The van der Waals surface area contributed by atoms with Crippen LogP contribution >= 0.6 is 11.3 Å². The van der Waals surface area contributed by atoms with E-state index < -0.39 is 8.80 Å². The van der Waals surface area contributed by atoms with Gasteiger partial charge in [-0.2, -0.15) is 0 Å². The second-order valence-corrected chi connectivity index (χ2v) is 8.52. The molecule has 0 aliphatic rings. The Labute approximate surface area is 113 Å². The first-order valence-electron chi connectivity index (χ1n) is 6.12. The molecule has 0 saturated heterocycles. The van der Waals surface area contributed by atoms with E-state index in [9.17, 15) is 4.79 Å². The van der Waals surface area contributed by atoms with Gasteiger partial charge >= 0.3 is 5.97 Å². The standard InChI is InChI=1S/C14H17O2SSi/c1-4-16-14(15)10(2)18(3)13-9-11-7-5-6-8-12(11)17-13/h5-10H,4H2,1-3H3. The van der Waals surface area contributed by atoms with Gasteiger partial charge < -0.3 is 4.74 Å². The minimum Gasteiger partial charge on any atom is -0.466 e. The van der Waals surface area contributed by atoms with E-state index >= 15 is 0 Å². The van der Waals surface area contributed by atoms with Gasteiger partial charge in [-0.15, -0.1) is 11.3 Å². The van der Waals surface area contributed by atoms with Crippen molar-refractivity contribution >= 4 is 40.7 Å². The lowest BCUT2D eigenvalue weighted by atomic mass is 10.3. The molecule has 0 bridgehead atoms. The fourth-order valence-corrected chi connectivity index (χ4v) is 5.40. The van der Waals surface area contributed by atoms with Crippen LogP contribution in [0.2, 0.25) is 12.1 Å². The summed E-state index contributed by atoms with van der Waals surface area (Å²) in [6.45, 7) is 6.49. The molecule has 95 valence electrons. The Bertz CT molecular complexity index is 516. The molecule has 0 amide bonds. The van der Waals surface area contributed by atoms with E-state index in [0.717, 1.165) is 0 Å². The van der Waals surface area contributed by atoms with Crippen molar-refractivity contribution < 1.29 is 9.53 Å². The molecule has 1 heterocycles. The lowest BCUT2D eigenvalue weighted by Gasteiger charge is -2.14. The summed E-state index contributed by atoms with van der Waals surface area (Å²) in [6.07, 6.45) is 0. The van der Waals surface area contributed by atoms with Crippen molar-refractivity contribution in [2.45, 2.75) is 25.9 Å². The number of fused-ring (bicyclic) bond motifs is 1. The SMILES string of the molecule is CCOC(=O)C(C)[Si](C)c1cc2ccccc2s1. The lowest BCUT2D eigenvalue weighted by Crippen LogP contribution is -2.33. The van der Waals surface area contributed by atoms with Crippen LogP contribution in [0.4, 0.5) is 0 Å². The van der Waals surface area contributed by atoms with Crippen LogP contribution in [0.15, 0.2) is 30.3 Å². The Balaban J connectivity index is 2.22. The average Bonchev–Trinajstić information content (AvgIpc) is 2.81. The number of hydrogen-bond donors (Lipinski definition) is 0. The van der Waals surface area contributed by atoms with Gasteiger partial charge in [0.25, 0.3) is 0 Å². The maximum Gasteiger partial charge on any atom is 0.306 e. The molecule has 2 nitrogen and oxygen atoms in total. The molecule has 0 spiro atoms. The maximum atomic E-state index is 11.8. The third-order valence-electron chi connectivity index (χ3n) is 3.10. The number of rotatable bonds is 4. The fraction of sp³-hybridized carbons (Fsp3) is 0.357. The molecule has 1 aromatic heterocycles. The van der Waals surface area contributed by atoms with Crippen LogP contribution < -0.4 is 4.50 Å². The van der Waals surface area contributed by atoms with E-state index in [1.54, 1.807) is 11.3 Å². The van der Waals surface area contributed by atoms with Crippen LogP contribution in [0.1, 0.15) is 13.8 Å². The Morgan fingerprint density at radius 1 is 1.44 bits per heavy atom. The summed E-state index contributed by atoms with van der Waals surface area (Å²) in [4.78, 5) is 11.8.